The van der Waals surface area contributed by atoms with Gasteiger partial charge in [0.05, 0.1) is 11.1 Å². The maximum absolute atomic E-state index is 13.9. The Balaban J connectivity index is 0.000000709. The molecule has 1 saturated carbocycles. The average Bonchev–Trinajstić information content (AvgIpc) is 3.62. The van der Waals surface area contributed by atoms with Gasteiger partial charge in [-0.3, -0.25) is 0 Å². The highest BCUT2D eigenvalue weighted by Gasteiger charge is 2.27. The van der Waals surface area contributed by atoms with E-state index in [4.69, 9.17) is 25.7 Å². The summed E-state index contributed by atoms with van der Waals surface area (Å²) >= 11 is 0. The smallest absolute Gasteiger partial charge is 0.450 e. The van der Waals surface area contributed by atoms with Gasteiger partial charge in [-0.15, -0.1) is 0 Å². The number of pyridine rings is 1. The first kappa shape index (κ1) is 24.5. The van der Waals surface area contributed by atoms with Crippen LogP contribution < -0.4 is 16.4 Å². The Morgan fingerprint density at radius 3 is 2.39 bits per heavy atom. The summed E-state index contributed by atoms with van der Waals surface area (Å²) in [7, 11) is 1.84. The molecule has 36 heavy (non-hydrogen) atoms. The third-order valence-corrected chi connectivity index (χ3v) is 5.66. The standard InChI is InChI=1S/C24H23FN6O.CH2O3/c1-13-3-10-18(25)20(11-13)29-24(32)27-16-8-6-14(7-9-16)17-12-19(15-4-5-15)28-23-21(17)22(26)30-31(23)2;2-1(3)4/h3,6-12,15H,4-5H2,1-2H3,(H2,26,30)(H2,27,29,32);(H2,2,3,4). The molecule has 1 aliphatic rings. The summed E-state index contributed by atoms with van der Waals surface area (Å²) in [6.45, 7) is 1.83. The number of aromatic nitrogens is 3. The zero-order valence-corrected chi connectivity index (χ0v) is 19.6. The normalized spacial score (nSPS) is 12.5. The van der Waals surface area contributed by atoms with Crippen LogP contribution in [0.15, 0.2) is 48.5 Å². The number of hydrogen-bond donors (Lipinski definition) is 5. The van der Waals surface area contributed by atoms with Crippen LogP contribution >= 0.6 is 0 Å². The van der Waals surface area contributed by atoms with Gasteiger partial charge in [0.25, 0.3) is 0 Å². The summed E-state index contributed by atoms with van der Waals surface area (Å²) in [6.07, 6.45) is 0.454. The zero-order chi connectivity index (χ0) is 26.0. The van der Waals surface area contributed by atoms with E-state index in [1.807, 2.05) is 26.1 Å². The van der Waals surface area contributed by atoms with E-state index in [1.54, 1.807) is 28.9 Å². The number of fused-ring (bicyclic) bond motifs is 1. The van der Waals surface area contributed by atoms with E-state index in [0.29, 0.717) is 17.4 Å². The van der Waals surface area contributed by atoms with Crippen molar-refractivity contribution >= 4 is 40.4 Å². The molecule has 1 aliphatic carbocycles. The van der Waals surface area contributed by atoms with Crippen molar-refractivity contribution in [3.63, 3.8) is 0 Å². The molecule has 2 amide bonds. The number of halogens is 1. The molecule has 2 aromatic heterocycles. The molecular formula is C25H25FN6O4. The van der Waals surface area contributed by atoms with E-state index in [-0.39, 0.29) is 5.69 Å². The molecule has 6 N–H and O–H groups in total. The van der Waals surface area contributed by atoms with Crippen LogP contribution in [-0.2, 0) is 7.05 Å². The second-order valence-electron chi connectivity index (χ2n) is 8.50. The van der Waals surface area contributed by atoms with Gasteiger partial charge in [-0.2, -0.15) is 5.10 Å². The molecule has 0 aliphatic heterocycles. The molecule has 0 radical (unpaired) electrons. The molecule has 2 heterocycles. The highest BCUT2D eigenvalue weighted by atomic mass is 19.1. The van der Waals surface area contributed by atoms with Crippen LogP contribution in [0.3, 0.4) is 0 Å². The molecule has 2 aromatic carbocycles. The Morgan fingerprint density at radius 1 is 1.08 bits per heavy atom. The van der Waals surface area contributed by atoms with Gasteiger partial charge in [0.1, 0.15) is 5.82 Å². The van der Waals surface area contributed by atoms with Crippen molar-refractivity contribution < 1.29 is 24.2 Å². The number of urea groups is 1. The fourth-order valence-electron chi connectivity index (χ4n) is 3.87. The topological polar surface area (TPSA) is 155 Å². The molecule has 0 unspecified atom stereocenters. The van der Waals surface area contributed by atoms with Crippen LogP contribution in [0.2, 0.25) is 0 Å². The van der Waals surface area contributed by atoms with Gasteiger partial charge in [0.2, 0.25) is 0 Å². The number of aryl methyl sites for hydroxylation is 2. The van der Waals surface area contributed by atoms with Crippen LogP contribution in [0.1, 0.15) is 30.0 Å². The van der Waals surface area contributed by atoms with Crippen molar-refractivity contribution in [3.8, 4) is 11.1 Å². The van der Waals surface area contributed by atoms with E-state index >= 15 is 0 Å². The van der Waals surface area contributed by atoms with Gasteiger partial charge in [0.15, 0.2) is 11.5 Å². The quantitative estimate of drug-likeness (QED) is 0.255. The van der Waals surface area contributed by atoms with Gasteiger partial charge in [-0.05, 0) is 66.8 Å². The van der Waals surface area contributed by atoms with Crippen molar-refractivity contribution in [1.82, 2.24) is 14.8 Å². The first-order valence-electron chi connectivity index (χ1n) is 11.1. The maximum Gasteiger partial charge on any atom is 0.503 e. The van der Waals surface area contributed by atoms with Gasteiger partial charge in [0, 0.05) is 24.3 Å². The molecule has 10 nitrogen and oxygen atoms in total. The molecule has 0 saturated heterocycles. The number of nitrogen functional groups attached to an aromatic ring is 1. The third kappa shape index (κ3) is 5.52. The Kier molecular flexibility index (Phi) is 6.73. The van der Waals surface area contributed by atoms with Gasteiger partial charge in [-0.25, -0.2) is 23.6 Å². The van der Waals surface area contributed by atoms with E-state index in [2.05, 4.69) is 21.8 Å². The minimum atomic E-state index is -1.83. The lowest BCUT2D eigenvalue weighted by Crippen LogP contribution is -2.20. The third-order valence-electron chi connectivity index (χ3n) is 5.66. The lowest BCUT2D eigenvalue weighted by molar-refractivity contribution is 0.137. The molecule has 5 rings (SSSR count). The highest BCUT2D eigenvalue weighted by molar-refractivity contribution is 6.02. The Bertz CT molecular complexity index is 1440. The lowest BCUT2D eigenvalue weighted by Gasteiger charge is -2.11. The Hall–Kier alpha value is -4.67. The van der Waals surface area contributed by atoms with Crippen molar-refractivity contribution in [2.45, 2.75) is 25.7 Å². The average molecular weight is 493 g/mol. The summed E-state index contributed by atoms with van der Waals surface area (Å²) < 4.78 is 15.6. The number of rotatable bonds is 4. The fourth-order valence-corrected chi connectivity index (χ4v) is 3.87. The van der Waals surface area contributed by atoms with E-state index in [1.165, 1.54) is 6.07 Å². The van der Waals surface area contributed by atoms with Crippen molar-refractivity contribution in [1.29, 1.82) is 0 Å². The molecule has 4 aromatic rings. The number of carbonyl (C=O) groups excluding carboxylic acids is 1. The van der Waals surface area contributed by atoms with Crippen LogP contribution in [0, 0.1) is 12.7 Å². The molecule has 186 valence electrons. The summed E-state index contributed by atoms with van der Waals surface area (Å²) in [5, 5.41) is 24.4. The van der Waals surface area contributed by atoms with Crippen LogP contribution in [-0.4, -0.2) is 37.2 Å². The summed E-state index contributed by atoms with van der Waals surface area (Å²) in [5.74, 6) is 0.443. The summed E-state index contributed by atoms with van der Waals surface area (Å²) in [5.41, 5.74) is 11.5. The predicted octanol–water partition coefficient (Wildman–Crippen LogP) is 5.41. The molecular weight excluding hydrogens is 467 g/mol. The summed E-state index contributed by atoms with van der Waals surface area (Å²) in [6, 6.07) is 13.6. The van der Waals surface area contributed by atoms with E-state index < -0.39 is 18.0 Å². The number of hydrogen-bond acceptors (Lipinski definition) is 5. The highest BCUT2D eigenvalue weighted by Crippen LogP contribution is 2.42. The number of nitrogens with two attached hydrogens (primary N) is 1. The number of carbonyl (C=O) groups is 2. The van der Waals surface area contributed by atoms with E-state index in [0.717, 1.165) is 46.3 Å². The second kappa shape index (κ2) is 9.90. The van der Waals surface area contributed by atoms with Crippen LogP contribution in [0.25, 0.3) is 22.2 Å². The minimum Gasteiger partial charge on any atom is -0.450 e. The zero-order valence-electron chi connectivity index (χ0n) is 19.6. The van der Waals surface area contributed by atoms with Crippen LogP contribution in [0.5, 0.6) is 0 Å². The maximum atomic E-state index is 13.9. The van der Waals surface area contributed by atoms with Gasteiger partial charge < -0.3 is 26.6 Å². The second-order valence-corrected chi connectivity index (χ2v) is 8.50. The molecule has 0 bridgehead atoms. The summed E-state index contributed by atoms with van der Waals surface area (Å²) in [4.78, 5) is 25.7. The number of nitrogens with one attached hydrogen (secondary N) is 2. The van der Waals surface area contributed by atoms with Gasteiger partial charge in [-0.1, -0.05) is 18.2 Å². The molecule has 1 fully saturated rings. The molecule has 11 heteroatoms. The largest absolute Gasteiger partial charge is 0.503 e. The minimum absolute atomic E-state index is 0.137. The monoisotopic (exact) mass is 492 g/mol. The van der Waals surface area contributed by atoms with Crippen molar-refractivity contribution in [2.75, 3.05) is 16.4 Å². The predicted molar refractivity (Wildman–Crippen MR) is 135 cm³/mol. The van der Waals surface area contributed by atoms with Crippen molar-refractivity contribution in [2.24, 2.45) is 7.05 Å². The number of anilines is 3. The SMILES string of the molecule is Cc1ccc(F)c(NC(=O)Nc2ccc(-c3cc(C4CC4)nc4c3c(N)nn4C)cc2)c1.O=C(O)O. The first-order valence-corrected chi connectivity index (χ1v) is 11.1. The van der Waals surface area contributed by atoms with Crippen LogP contribution in [0.4, 0.5) is 31.2 Å². The molecule has 0 spiro atoms. The lowest BCUT2D eigenvalue weighted by atomic mass is 10.0. The number of carboxylic acid groups (broad SMARTS) is 2. The Labute approximate surface area is 205 Å². The van der Waals surface area contributed by atoms with Gasteiger partial charge >= 0.3 is 12.2 Å². The first-order chi connectivity index (χ1) is 17.1. The van der Waals surface area contributed by atoms with Crippen molar-refractivity contribution in [3.05, 3.63) is 65.6 Å². The molecule has 0 atom stereocenters. The number of amides is 2. The fraction of sp³-hybridized carbons (Fsp3) is 0.200. The number of benzene rings is 2. The number of nitrogens with zero attached hydrogens (tertiary/aromatic N) is 3. The van der Waals surface area contributed by atoms with E-state index in [9.17, 15) is 9.18 Å². The Morgan fingerprint density at radius 2 is 1.75 bits per heavy atom.